The molecule has 4 rings (SSSR count). The number of hydrogen-bond donors (Lipinski definition) is 3. The van der Waals surface area contributed by atoms with Crippen LogP contribution in [0.4, 0.5) is 11.8 Å². The summed E-state index contributed by atoms with van der Waals surface area (Å²) >= 11 is 18.7. The van der Waals surface area contributed by atoms with E-state index in [9.17, 15) is 4.79 Å². The molecular formula is C22H27Cl3N6O. The Kier molecular flexibility index (Phi) is 7.61. The van der Waals surface area contributed by atoms with Crippen molar-refractivity contribution < 1.29 is 4.79 Å². The topological polar surface area (TPSA) is 82.2 Å². The zero-order valence-corrected chi connectivity index (χ0v) is 20.1. The number of amides is 1. The van der Waals surface area contributed by atoms with Gasteiger partial charge in [-0.05, 0) is 56.8 Å². The maximum Gasteiger partial charge on any atom is 0.237 e. The van der Waals surface area contributed by atoms with Crippen molar-refractivity contribution in [3.8, 4) is 0 Å². The first-order chi connectivity index (χ1) is 15.4. The summed E-state index contributed by atoms with van der Waals surface area (Å²) < 4.78 is 0. The highest BCUT2D eigenvalue weighted by atomic mass is 35.5. The number of anilines is 2. The molecule has 3 heterocycles. The van der Waals surface area contributed by atoms with Crippen molar-refractivity contribution in [2.75, 3.05) is 29.9 Å². The molecule has 2 aliphatic rings. The van der Waals surface area contributed by atoms with Gasteiger partial charge in [-0.25, -0.2) is 4.98 Å². The smallest absolute Gasteiger partial charge is 0.237 e. The largest absolute Gasteiger partial charge is 0.362 e. The second-order valence-electron chi connectivity index (χ2n) is 8.32. The van der Waals surface area contributed by atoms with Crippen LogP contribution in [0.15, 0.2) is 24.4 Å². The molecule has 0 radical (unpaired) electrons. The van der Waals surface area contributed by atoms with Gasteiger partial charge in [-0.15, -0.1) is 0 Å². The Morgan fingerprint density at radius 3 is 2.66 bits per heavy atom. The monoisotopic (exact) mass is 496 g/mol. The molecule has 2 atom stereocenters. The standard InChI is InChI=1S/C22H27Cl3N6O/c1-13(16-5-4-14(23)11-17(16)24)28-20-18(25)12-27-22(30-20)31-9-6-15(7-10-31)29-21(32)19-3-2-8-26-19/h4-5,11-13,15,19,26H,2-3,6-10H2,1H3,(H,29,32)(H,27,28,30)/t13-,19?/m1/s1. The van der Waals surface area contributed by atoms with E-state index in [-0.39, 0.29) is 24.0 Å². The van der Waals surface area contributed by atoms with Gasteiger partial charge in [0.1, 0.15) is 5.02 Å². The lowest BCUT2D eigenvalue weighted by Crippen LogP contribution is -2.49. The van der Waals surface area contributed by atoms with Crippen LogP contribution in [-0.2, 0) is 4.79 Å². The summed E-state index contributed by atoms with van der Waals surface area (Å²) in [5, 5.41) is 11.4. The summed E-state index contributed by atoms with van der Waals surface area (Å²) in [5.74, 6) is 1.29. The number of carbonyl (C=O) groups excluding carboxylic acids is 1. The Balaban J connectivity index is 1.37. The molecule has 2 aliphatic heterocycles. The van der Waals surface area contributed by atoms with E-state index in [1.165, 1.54) is 0 Å². The van der Waals surface area contributed by atoms with Gasteiger partial charge in [0.15, 0.2) is 5.82 Å². The quantitative estimate of drug-likeness (QED) is 0.547. The molecule has 0 spiro atoms. The normalized spacial score (nSPS) is 20.2. The van der Waals surface area contributed by atoms with Crippen molar-refractivity contribution in [2.24, 2.45) is 0 Å². The second-order valence-corrected chi connectivity index (χ2v) is 9.57. The fourth-order valence-electron chi connectivity index (χ4n) is 4.18. The Morgan fingerprint density at radius 1 is 1.19 bits per heavy atom. The van der Waals surface area contributed by atoms with E-state index in [1.807, 2.05) is 13.0 Å². The van der Waals surface area contributed by atoms with Crippen LogP contribution in [0.3, 0.4) is 0 Å². The number of halogens is 3. The average molecular weight is 498 g/mol. The molecule has 10 heteroatoms. The van der Waals surface area contributed by atoms with Gasteiger partial charge in [0.25, 0.3) is 0 Å². The van der Waals surface area contributed by atoms with E-state index in [0.717, 1.165) is 50.9 Å². The number of rotatable bonds is 6. The van der Waals surface area contributed by atoms with Gasteiger partial charge in [-0.1, -0.05) is 40.9 Å². The first-order valence-electron chi connectivity index (χ1n) is 10.9. The van der Waals surface area contributed by atoms with Crippen LogP contribution in [0, 0.1) is 0 Å². The van der Waals surface area contributed by atoms with Gasteiger partial charge in [-0.2, -0.15) is 4.98 Å². The molecule has 172 valence electrons. The molecule has 0 bridgehead atoms. The number of carbonyl (C=O) groups is 1. The minimum Gasteiger partial charge on any atom is -0.362 e. The summed E-state index contributed by atoms with van der Waals surface area (Å²) in [6, 6.07) is 5.42. The van der Waals surface area contributed by atoms with Crippen molar-refractivity contribution in [3.05, 3.63) is 45.0 Å². The summed E-state index contributed by atoms with van der Waals surface area (Å²) in [4.78, 5) is 23.6. The number of piperidine rings is 1. The molecule has 1 amide bonds. The first-order valence-corrected chi connectivity index (χ1v) is 12.1. The average Bonchev–Trinajstić information content (AvgIpc) is 3.31. The molecule has 0 saturated carbocycles. The third-order valence-corrected chi connectivity index (χ3v) is 6.85. The fraction of sp³-hybridized carbons (Fsp3) is 0.500. The second kappa shape index (κ2) is 10.4. The Labute approximate surface area is 203 Å². The van der Waals surface area contributed by atoms with Gasteiger partial charge in [0.05, 0.1) is 18.3 Å². The number of aromatic nitrogens is 2. The van der Waals surface area contributed by atoms with E-state index in [0.29, 0.717) is 26.8 Å². The Morgan fingerprint density at radius 2 is 1.97 bits per heavy atom. The van der Waals surface area contributed by atoms with Gasteiger partial charge in [0, 0.05) is 29.2 Å². The minimum atomic E-state index is -0.120. The van der Waals surface area contributed by atoms with Gasteiger partial charge < -0.3 is 20.9 Å². The molecule has 3 N–H and O–H groups in total. The van der Waals surface area contributed by atoms with Gasteiger partial charge in [-0.3, -0.25) is 4.79 Å². The molecule has 7 nitrogen and oxygen atoms in total. The van der Waals surface area contributed by atoms with E-state index >= 15 is 0 Å². The van der Waals surface area contributed by atoms with E-state index in [4.69, 9.17) is 34.8 Å². The summed E-state index contributed by atoms with van der Waals surface area (Å²) in [7, 11) is 0. The zero-order chi connectivity index (χ0) is 22.7. The summed E-state index contributed by atoms with van der Waals surface area (Å²) in [6.07, 6.45) is 5.29. The van der Waals surface area contributed by atoms with Crippen molar-refractivity contribution in [2.45, 2.75) is 50.7 Å². The summed E-state index contributed by atoms with van der Waals surface area (Å²) in [5.41, 5.74) is 0.903. The first kappa shape index (κ1) is 23.4. The molecule has 0 aliphatic carbocycles. The lowest BCUT2D eigenvalue weighted by molar-refractivity contribution is -0.123. The van der Waals surface area contributed by atoms with Crippen LogP contribution >= 0.6 is 34.8 Å². The third-order valence-electron chi connectivity index (χ3n) is 6.01. The van der Waals surface area contributed by atoms with Crippen LogP contribution in [0.1, 0.15) is 44.2 Å². The zero-order valence-electron chi connectivity index (χ0n) is 17.9. The molecule has 1 aromatic carbocycles. The molecule has 2 fully saturated rings. The van der Waals surface area contributed by atoms with Crippen molar-refractivity contribution in [3.63, 3.8) is 0 Å². The number of hydrogen-bond acceptors (Lipinski definition) is 6. The number of nitrogens with zero attached hydrogens (tertiary/aromatic N) is 3. The fourth-order valence-corrected chi connectivity index (χ4v) is 4.90. The lowest BCUT2D eigenvalue weighted by Gasteiger charge is -2.33. The molecule has 32 heavy (non-hydrogen) atoms. The summed E-state index contributed by atoms with van der Waals surface area (Å²) in [6.45, 7) is 4.44. The van der Waals surface area contributed by atoms with E-state index in [1.54, 1.807) is 18.3 Å². The van der Waals surface area contributed by atoms with Crippen LogP contribution in [0.2, 0.25) is 15.1 Å². The SMILES string of the molecule is C[C@@H](Nc1nc(N2CCC(NC(=O)C3CCCN3)CC2)ncc1Cl)c1ccc(Cl)cc1Cl. The van der Waals surface area contributed by atoms with Crippen molar-refractivity contribution in [1.82, 2.24) is 20.6 Å². The lowest BCUT2D eigenvalue weighted by atomic mass is 10.0. The minimum absolute atomic E-state index is 0.0441. The molecular weight excluding hydrogens is 471 g/mol. The highest BCUT2D eigenvalue weighted by Gasteiger charge is 2.27. The molecule has 2 saturated heterocycles. The highest BCUT2D eigenvalue weighted by Crippen LogP contribution is 2.31. The molecule has 1 aromatic heterocycles. The van der Waals surface area contributed by atoms with Crippen LogP contribution in [0.5, 0.6) is 0 Å². The van der Waals surface area contributed by atoms with E-state index < -0.39 is 0 Å². The van der Waals surface area contributed by atoms with Crippen LogP contribution < -0.4 is 20.9 Å². The van der Waals surface area contributed by atoms with E-state index in [2.05, 4.69) is 30.8 Å². The van der Waals surface area contributed by atoms with Crippen LogP contribution in [0.25, 0.3) is 0 Å². The maximum atomic E-state index is 12.4. The third kappa shape index (κ3) is 5.57. The van der Waals surface area contributed by atoms with Crippen molar-refractivity contribution >= 4 is 52.5 Å². The number of nitrogens with one attached hydrogen (secondary N) is 3. The maximum absolute atomic E-state index is 12.4. The predicted molar refractivity (Wildman–Crippen MR) is 130 cm³/mol. The molecule has 2 aromatic rings. The molecule has 1 unspecified atom stereocenters. The predicted octanol–water partition coefficient (Wildman–Crippen LogP) is 4.45. The van der Waals surface area contributed by atoms with Crippen LogP contribution in [-0.4, -0.2) is 47.6 Å². The van der Waals surface area contributed by atoms with Gasteiger partial charge in [0.2, 0.25) is 11.9 Å². The highest BCUT2D eigenvalue weighted by molar-refractivity contribution is 6.35. The van der Waals surface area contributed by atoms with Crippen molar-refractivity contribution in [1.29, 1.82) is 0 Å². The number of benzene rings is 1. The Hall–Kier alpha value is -1.80. The Bertz CT molecular complexity index is 961. The van der Waals surface area contributed by atoms with Gasteiger partial charge >= 0.3 is 0 Å².